The van der Waals surface area contributed by atoms with Crippen LogP contribution in [-0.4, -0.2) is 31.7 Å². The van der Waals surface area contributed by atoms with Crippen molar-refractivity contribution in [2.24, 2.45) is 11.3 Å². The average Bonchev–Trinajstić information content (AvgIpc) is 2.24. The lowest BCUT2D eigenvalue weighted by molar-refractivity contribution is -0.297. The van der Waals surface area contributed by atoms with E-state index in [0.29, 0.717) is 6.42 Å². The maximum Gasteiger partial charge on any atom is 0.402 e. The molecule has 0 aliphatic rings. The van der Waals surface area contributed by atoms with Gasteiger partial charge in [-0.25, -0.2) is 0 Å². The number of hydrogen-bond donors (Lipinski definition) is 0. The number of hydrogen-bond acceptors (Lipinski definition) is 3. The average molecular weight is 310 g/mol. The first kappa shape index (κ1) is 19.0. The Kier molecular flexibility index (Phi) is 6.31. The molecule has 0 aromatic carbocycles. The second-order valence-electron chi connectivity index (χ2n) is 4.79. The minimum absolute atomic E-state index is 0.402. The summed E-state index contributed by atoms with van der Waals surface area (Å²) in [5.41, 5.74) is -0.878. The predicted molar refractivity (Wildman–Crippen MR) is 56.6 cm³/mol. The van der Waals surface area contributed by atoms with Gasteiger partial charge in [-0.05, 0) is 20.3 Å². The highest BCUT2D eigenvalue weighted by atomic mass is 19.4. The van der Waals surface area contributed by atoms with E-state index in [2.05, 4.69) is 9.47 Å². The Labute approximate surface area is 112 Å². The smallest absolute Gasteiger partial charge is 0.402 e. The normalized spacial score (nSPS) is 13.7. The molecule has 0 radical (unpaired) electrons. The zero-order valence-corrected chi connectivity index (χ0v) is 11.2. The number of ether oxygens (including phenoxy) is 2. The van der Waals surface area contributed by atoms with Gasteiger partial charge in [0.2, 0.25) is 0 Å². The lowest BCUT2D eigenvalue weighted by Gasteiger charge is -2.23. The third kappa shape index (κ3) is 5.98. The Bertz CT molecular complexity index is 307. The summed E-state index contributed by atoms with van der Waals surface area (Å²) in [6.45, 7) is 2.15. The van der Waals surface area contributed by atoms with Crippen molar-refractivity contribution in [3.63, 3.8) is 0 Å². The van der Waals surface area contributed by atoms with E-state index in [9.17, 15) is 31.1 Å². The molecule has 0 spiro atoms. The molecule has 3 nitrogen and oxygen atoms in total. The fourth-order valence-electron chi connectivity index (χ4n) is 0.975. The van der Waals surface area contributed by atoms with E-state index in [1.807, 2.05) is 0 Å². The second-order valence-corrected chi connectivity index (χ2v) is 4.79. The molecule has 0 saturated carbocycles. The fraction of sp³-hybridized carbons (Fsp3) is 0.909. The number of esters is 1. The van der Waals surface area contributed by atoms with Gasteiger partial charge < -0.3 is 9.47 Å². The number of carbonyl (C=O) groups excluding carboxylic acids is 1. The van der Waals surface area contributed by atoms with Crippen LogP contribution in [-0.2, 0) is 14.3 Å². The summed E-state index contributed by atoms with van der Waals surface area (Å²) < 4.78 is 81.5. The topological polar surface area (TPSA) is 35.5 Å². The van der Waals surface area contributed by atoms with Gasteiger partial charge in [-0.15, -0.1) is 0 Å². The highest BCUT2D eigenvalue weighted by molar-refractivity contribution is 5.75. The molecular formula is C11H16F6O3. The number of rotatable bonds is 6. The highest BCUT2D eigenvalue weighted by Gasteiger charge is 2.56. The van der Waals surface area contributed by atoms with Crippen LogP contribution in [0.2, 0.25) is 0 Å². The highest BCUT2D eigenvalue weighted by Crippen LogP contribution is 2.39. The number of alkyl halides is 6. The van der Waals surface area contributed by atoms with Gasteiger partial charge >= 0.3 is 18.3 Å². The molecule has 0 saturated heterocycles. The maximum absolute atomic E-state index is 12.1. The first-order valence-corrected chi connectivity index (χ1v) is 5.70. The molecule has 0 N–H and O–H groups in total. The molecule has 0 aliphatic carbocycles. The number of carbonyl (C=O) groups is 1. The summed E-state index contributed by atoms with van der Waals surface area (Å²) in [4.78, 5) is 11.4. The second kappa shape index (κ2) is 6.64. The monoisotopic (exact) mass is 310 g/mol. The van der Waals surface area contributed by atoms with Crippen molar-refractivity contribution in [2.75, 3.05) is 13.4 Å². The Hall–Kier alpha value is -0.990. The van der Waals surface area contributed by atoms with E-state index < -0.39 is 43.1 Å². The summed E-state index contributed by atoms with van der Waals surface area (Å²) in [5.74, 6) is -4.36. The van der Waals surface area contributed by atoms with Crippen LogP contribution in [0.4, 0.5) is 26.3 Å². The molecule has 0 amide bonds. The Morgan fingerprint density at radius 3 is 1.85 bits per heavy atom. The Balaban J connectivity index is 4.32. The van der Waals surface area contributed by atoms with E-state index in [-0.39, 0.29) is 0 Å². The molecular weight excluding hydrogens is 294 g/mol. The summed E-state index contributed by atoms with van der Waals surface area (Å²) in [5, 5.41) is 0. The van der Waals surface area contributed by atoms with E-state index in [1.165, 1.54) is 13.8 Å². The van der Waals surface area contributed by atoms with Gasteiger partial charge in [0, 0.05) is 0 Å². The fourth-order valence-corrected chi connectivity index (χ4v) is 0.975. The molecule has 120 valence electrons. The van der Waals surface area contributed by atoms with Gasteiger partial charge in [-0.1, -0.05) is 6.92 Å². The molecule has 0 fully saturated rings. The summed E-state index contributed by atoms with van der Waals surface area (Å²) >= 11 is 0. The van der Waals surface area contributed by atoms with Gasteiger partial charge in [0.15, 0.2) is 12.7 Å². The van der Waals surface area contributed by atoms with E-state index in [0.717, 1.165) is 0 Å². The lowest BCUT2D eigenvalue weighted by atomic mass is 9.91. The molecule has 0 aliphatic heterocycles. The van der Waals surface area contributed by atoms with E-state index >= 15 is 0 Å². The quantitative estimate of drug-likeness (QED) is 0.325. The van der Waals surface area contributed by atoms with Crippen LogP contribution >= 0.6 is 0 Å². The Morgan fingerprint density at radius 1 is 1.05 bits per heavy atom. The van der Waals surface area contributed by atoms with Crippen molar-refractivity contribution < 1.29 is 40.6 Å². The van der Waals surface area contributed by atoms with Gasteiger partial charge in [-0.3, -0.25) is 4.79 Å². The lowest BCUT2D eigenvalue weighted by Crippen LogP contribution is -2.40. The van der Waals surface area contributed by atoms with Crippen LogP contribution in [0.1, 0.15) is 27.2 Å². The zero-order valence-electron chi connectivity index (χ0n) is 11.2. The van der Waals surface area contributed by atoms with Crippen LogP contribution < -0.4 is 0 Å². The molecule has 0 atom stereocenters. The third-order valence-corrected chi connectivity index (χ3v) is 2.78. The van der Waals surface area contributed by atoms with Crippen LogP contribution in [0.15, 0.2) is 0 Å². The molecule has 9 heteroatoms. The predicted octanol–water partition coefficient (Wildman–Crippen LogP) is 3.68. The molecule has 0 unspecified atom stereocenters. The first-order valence-electron chi connectivity index (χ1n) is 5.70. The van der Waals surface area contributed by atoms with Gasteiger partial charge in [0.05, 0.1) is 12.0 Å². The van der Waals surface area contributed by atoms with Crippen molar-refractivity contribution in [2.45, 2.75) is 39.5 Å². The van der Waals surface area contributed by atoms with E-state index in [1.54, 1.807) is 6.92 Å². The van der Waals surface area contributed by atoms with Crippen molar-refractivity contribution in [3.8, 4) is 0 Å². The molecule has 0 rings (SSSR count). The van der Waals surface area contributed by atoms with E-state index in [4.69, 9.17) is 0 Å². The van der Waals surface area contributed by atoms with Crippen molar-refractivity contribution in [3.05, 3.63) is 0 Å². The van der Waals surface area contributed by atoms with Crippen LogP contribution in [0.5, 0.6) is 0 Å². The molecule has 0 bridgehead atoms. The van der Waals surface area contributed by atoms with Gasteiger partial charge in [0.1, 0.15) is 0 Å². The standard InChI is InChI=1S/C11H16F6O3/c1-4-9(2,3)8(18)20-6-19-5-7(10(12,13)14)11(15,16)17/h7H,4-6H2,1-3H3. The van der Waals surface area contributed by atoms with Crippen molar-refractivity contribution in [1.82, 2.24) is 0 Å². The van der Waals surface area contributed by atoms with Crippen molar-refractivity contribution in [1.29, 1.82) is 0 Å². The number of halogens is 6. The van der Waals surface area contributed by atoms with Crippen LogP contribution in [0.25, 0.3) is 0 Å². The zero-order chi connectivity index (χ0) is 16.2. The van der Waals surface area contributed by atoms with Gasteiger partial charge in [-0.2, -0.15) is 26.3 Å². The SMILES string of the molecule is CCC(C)(C)C(=O)OCOCC(C(F)(F)F)C(F)(F)F. The molecule has 0 aromatic heterocycles. The molecule has 0 aromatic rings. The minimum atomic E-state index is -5.47. The summed E-state index contributed by atoms with van der Waals surface area (Å²) in [6.07, 6.45) is -10.5. The Morgan fingerprint density at radius 2 is 1.50 bits per heavy atom. The van der Waals surface area contributed by atoms with Gasteiger partial charge in [0.25, 0.3) is 0 Å². The van der Waals surface area contributed by atoms with Crippen molar-refractivity contribution >= 4 is 5.97 Å². The summed E-state index contributed by atoms with van der Waals surface area (Å²) in [6, 6.07) is 0. The maximum atomic E-state index is 12.1. The van der Waals surface area contributed by atoms with Crippen LogP contribution in [0, 0.1) is 11.3 Å². The summed E-state index contributed by atoms with van der Waals surface area (Å²) in [7, 11) is 0. The first-order chi connectivity index (χ1) is 8.82. The molecule has 0 heterocycles. The molecule has 20 heavy (non-hydrogen) atoms. The third-order valence-electron chi connectivity index (χ3n) is 2.78. The largest absolute Gasteiger partial charge is 0.438 e. The minimum Gasteiger partial charge on any atom is -0.438 e. The van der Waals surface area contributed by atoms with Crippen LogP contribution in [0.3, 0.4) is 0 Å².